The number of carbonyl (C=O) groups is 1. The Morgan fingerprint density at radius 1 is 1.35 bits per heavy atom. The lowest BCUT2D eigenvalue weighted by Gasteiger charge is -2.17. The number of amides is 1. The van der Waals surface area contributed by atoms with Gasteiger partial charge in [0.2, 0.25) is 0 Å². The maximum Gasteiger partial charge on any atom is 0.255 e. The minimum Gasteiger partial charge on any atom is -0.484 e. The molecule has 146 valence electrons. The monoisotopic (exact) mass is 492 g/mol. The molecule has 0 bridgehead atoms. The van der Waals surface area contributed by atoms with Crippen LogP contribution in [-0.4, -0.2) is 49.6 Å². The molecule has 0 spiro atoms. The number of halogens is 1. The van der Waals surface area contributed by atoms with Crippen molar-refractivity contribution in [3.05, 3.63) is 29.8 Å². The summed E-state index contributed by atoms with van der Waals surface area (Å²) in [7, 11) is 1.81. The smallest absolute Gasteiger partial charge is 0.255 e. The van der Waals surface area contributed by atoms with E-state index in [1.165, 1.54) is 24.8 Å². The van der Waals surface area contributed by atoms with E-state index < -0.39 is 5.91 Å². The summed E-state index contributed by atoms with van der Waals surface area (Å²) >= 11 is 1.96. The average Bonchev–Trinajstić information content (AvgIpc) is 3.07. The van der Waals surface area contributed by atoms with E-state index in [0.29, 0.717) is 11.8 Å². The molecule has 1 saturated carbocycles. The van der Waals surface area contributed by atoms with Crippen molar-refractivity contribution in [1.29, 1.82) is 0 Å². The number of carbonyl (C=O) groups excluding carboxylic acids is 1. The number of benzene rings is 1. The van der Waals surface area contributed by atoms with Crippen LogP contribution in [0.4, 0.5) is 0 Å². The fraction of sp³-hybridized carbons (Fsp3) is 0.556. The van der Waals surface area contributed by atoms with Gasteiger partial charge in [0.1, 0.15) is 5.75 Å². The fourth-order valence-corrected chi connectivity index (χ4v) is 3.70. The summed E-state index contributed by atoms with van der Waals surface area (Å²) in [5.41, 5.74) is 6.25. The van der Waals surface area contributed by atoms with Crippen LogP contribution >= 0.6 is 35.7 Å². The predicted octanol–water partition coefficient (Wildman–Crippen LogP) is 2.16. The maximum atomic E-state index is 10.7. The van der Waals surface area contributed by atoms with Crippen molar-refractivity contribution in [2.24, 2.45) is 10.7 Å². The molecule has 1 amide bonds. The van der Waals surface area contributed by atoms with E-state index in [1.807, 2.05) is 36.0 Å². The molecular formula is C18H29IN4O2S. The first-order chi connectivity index (χ1) is 12.1. The van der Waals surface area contributed by atoms with Crippen LogP contribution in [0.15, 0.2) is 29.3 Å². The summed E-state index contributed by atoms with van der Waals surface area (Å²) in [5.74, 6) is 1.05. The second-order valence-corrected chi connectivity index (χ2v) is 7.30. The number of thioether (sulfide) groups is 1. The quantitative estimate of drug-likeness (QED) is 0.294. The van der Waals surface area contributed by atoms with Crippen LogP contribution < -0.4 is 21.1 Å². The number of nitrogens with two attached hydrogens (primary N) is 1. The molecule has 1 aliphatic carbocycles. The van der Waals surface area contributed by atoms with Gasteiger partial charge in [0, 0.05) is 24.9 Å². The van der Waals surface area contributed by atoms with Crippen LogP contribution in [-0.2, 0) is 11.2 Å². The molecule has 0 radical (unpaired) electrons. The average molecular weight is 492 g/mol. The molecule has 4 N–H and O–H groups in total. The van der Waals surface area contributed by atoms with Crippen molar-refractivity contribution >= 4 is 47.6 Å². The molecule has 0 heterocycles. The Kier molecular flexibility index (Phi) is 10.8. The van der Waals surface area contributed by atoms with Gasteiger partial charge in [0.15, 0.2) is 12.6 Å². The second kappa shape index (κ2) is 12.3. The van der Waals surface area contributed by atoms with Gasteiger partial charge in [-0.2, -0.15) is 11.8 Å². The molecule has 8 heteroatoms. The third-order valence-corrected chi connectivity index (χ3v) is 5.39. The van der Waals surface area contributed by atoms with Gasteiger partial charge >= 0.3 is 0 Å². The lowest BCUT2D eigenvalue weighted by Crippen LogP contribution is -2.43. The first-order valence-corrected chi connectivity index (χ1v) is 9.89. The summed E-state index contributed by atoms with van der Waals surface area (Å²) in [6.45, 7) is 0.710. The molecule has 0 aliphatic heterocycles. The number of nitrogens with zero attached hydrogens (tertiary/aromatic N) is 1. The van der Waals surface area contributed by atoms with E-state index in [0.717, 1.165) is 24.2 Å². The Morgan fingerprint density at radius 3 is 2.65 bits per heavy atom. The molecule has 2 atom stereocenters. The predicted molar refractivity (Wildman–Crippen MR) is 120 cm³/mol. The third kappa shape index (κ3) is 8.03. The standard InChI is InChI=1S/C18H28N4O2S.HI/c1-20-18(22-14-5-8-16(11-14)25-2)21-10-9-13-3-6-15(7-4-13)24-12-17(19)23;/h3-4,6-7,14,16H,5,8-12H2,1-2H3,(H2,19,23)(H2,20,21,22);1H. The van der Waals surface area contributed by atoms with Crippen LogP contribution in [0, 0.1) is 0 Å². The van der Waals surface area contributed by atoms with E-state index in [1.54, 1.807) is 7.05 Å². The van der Waals surface area contributed by atoms with Crippen molar-refractivity contribution in [3.8, 4) is 5.75 Å². The van der Waals surface area contributed by atoms with Crippen molar-refractivity contribution in [2.75, 3.05) is 26.5 Å². The minimum absolute atomic E-state index is 0. The van der Waals surface area contributed by atoms with Crippen LogP contribution in [0.3, 0.4) is 0 Å². The van der Waals surface area contributed by atoms with E-state index in [9.17, 15) is 4.79 Å². The van der Waals surface area contributed by atoms with Gasteiger partial charge in [-0.15, -0.1) is 24.0 Å². The zero-order chi connectivity index (χ0) is 18.1. The Labute approximate surface area is 177 Å². The summed E-state index contributed by atoms with van der Waals surface area (Å²) in [6.07, 6.45) is 6.76. The Hall–Kier alpha value is -1.16. The van der Waals surface area contributed by atoms with Gasteiger partial charge in [-0.25, -0.2) is 0 Å². The molecule has 2 rings (SSSR count). The molecule has 26 heavy (non-hydrogen) atoms. The summed E-state index contributed by atoms with van der Waals surface area (Å²) in [5, 5.41) is 7.66. The Morgan fingerprint density at radius 2 is 2.08 bits per heavy atom. The molecule has 0 saturated heterocycles. The third-order valence-electron chi connectivity index (χ3n) is 4.29. The van der Waals surface area contributed by atoms with E-state index in [4.69, 9.17) is 10.5 Å². The Bertz CT molecular complexity index is 583. The van der Waals surface area contributed by atoms with Gasteiger partial charge in [-0.05, 0) is 49.6 Å². The topological polar surface area (TPSA) is 88.7 Å². The van der Waals surface area contributed by atoms with E-state index >= 15 is 0 Å². The van der Waals surface area contributed by atoms with Crippen molar-refractivity contribution in [2.45, 2.75) is 37.0 Å². The molecule has 1 aromatic carbocycles. The van der Waals surface area contributed by atoms with Gasteiger partial charge in [-0.3, -0.25) is 9.79 Å². The highest BCUT2D eigenvalue weighted by molar-refractivity contribution is 14.0. The molecule has 0 aromatic heterocycles. The van der Waals surface area contributed by atoms with Gasteiger partial charge < -0.3 is 21.1 Å². The number of ether oxygens (including phenoxy) is 1. The SMILES string of the molecule is CN=C(NCCc1ccc(OCC(N)=O)cc1)NC1CCC(SC)C1.I. The van der Waals surface area contributed by atoms with Crippen LogP contribution in [0.1, 0.15) is 24.8 Å². The summed E-state index contributed by atoms with van der Waals surface area (Å²) in [4.78, 5) is 15.0. The van der Waals surface area contributed by atoms with Crippen LogP contribution in [0.5, 0.6) is 5.75 Å². The summed E-state index contributed by atoms with van der Waals surface area (Å²) < 4.78 is 5.25. The first-order valence-electron chi connectivity index (χ1n) is 8.60. The van der Waals surface area contributed by atoms with Crippen molar-refractivity contribution in [3.63, 3.8) is 0 Å². The van der Waals surface area contributed by atoms with Crippen LogP contribution in [0.2, 0.25) is 0 Å². The van der Waals surface area contributed by atoms with Gasteiger partial charge in [-0.1, -0.05) is 12.1 Å². The molecule has 1 aliphatic rings. The van der Waals surface area contributed by atoms with Gasteiger partial charge in [0.05, 0.1) is 0 Å². The second-order valence-electron chi connectivity index (χ2n) is 6.16. The highest BCUT2D eigenvalue weighted by atomic mass is 127. The Balaban J connectivity index is 0.00000338. The number of guanidine groups is 1. The molecule has 1 aromatic rings. The fourth-order valence-electron chi connectivity index (χ4n) is 2.91. The number of hydrogen-bond donors (Lipinski definition) is 3. The normalized spacial score (nSPS) is 19.5. The lowest BCUT2D eigenvalue weighted by atomic mass is 10.1. The minimum atomic E-state index is -0.474. The maximum absolute atomic E-state index is 10.7. The lowest BCUT2D eigenvalue weighted by molar-refractivity contribution is -0.119. The van der Waals surface area contributed by atoms with Gasteiger partial charge in [0.25, 0.3) is 5.91 Å². The number of primary amides is 1. The number of aliphatic imine (C=N–C) groups is 1. The zero-order valence-electron chi connectivity index (χ0n) is 15.4. The summed E-state index contributed by atoms with van der Waals surface area (Å²) in [6, 6.07) is 8.21. The zero-order valence-corrected chi connectivity index (χ0v) is 18.5. The van der Waals surface area contributed by atoms with E-state index in [-0.39, 0.29) is 30.6 Å². The molecular weight excluding hydrogens is 463 g/mol. The largest absolute Gasteiger partial charge is 0.484 e. The van der Waals surface area contributed by atoms with Crippen molar-refractivity contribution < 1.29 is 9.53 Å². The molecule has 1 fully saturated rings. The highest BCUT2D eigenvalue weighted by Crippen LogP contribution is 2.27. The number of nitrogens with one attached hydrogen (secondary N) is 2. The first kappa shape index (κ1) is 22.9. The number of rotatable bonds is 8. The van der Waals surface area contributed by atoms with E-state index in [2.05, 4.69) is 21.9 Å². The molecule has 6 nitrogen and oxygen atoms in total. The van der Waals surface area contributed by atoms with Crippen LogP contribution in [0.25, 0.3) is 0 Å². The van der Waals surface area contributed by atoms with Crippen molar-refractivity contribution in [1.82, 2.24) is 10.6 Å². The highest BCUT2D eigenvalue weighted by Gasteiger charge is 2.24. The molecule has 2 unspecified atom stereocenters. The number of hydrogen-bond acceptors (Lipinski definition) is 4.